The minimum Gasteiger partial charge on any atom is -0.376 e. The Morgan fingerprint density at radius 3 is 2.83 bits per heavy atom. The van der Waals surface area contributed by atoms with Gasteiger partial charge < -0.3 is 5.32 Å². The van der Waals surface area contributed by atoms with Crippen molar-refractivity contribution in [3.05, 3.63) is 57.3 Å². The van der Waals surface area contributed by atoms with Crippen LogP contribution in [0.25, 0.3) is 5.69 Å². The van der Waals surface area contributed by atoms with Gasteiger partial charge in [0.2, 0.25) is 0 Å². The van der Waals surface area contributed by atoms with E-state index in [-0.39, 0.29) is 5.92 Å². The van der Waals surface area contributed by atoms with Crippen molar-refractivity contribution in [2.75, 3.05) is 5.32 Å². The molecule has 0 bridgehead atoms. The van der Waals surface area contributed by atoms with Crippen LogP contribution in [-0.2, 0) is 6.54 Å². The standard InChI is InChI=1S/C17H16ClN5S/c1-11(2)17-14(20-9-16-22-12(7-19)10-24-16)8-21-23(17)15-6-4-3-5-13(15)18/h3-6,8,10-11,20H,9H2,1-2H3. The van der Waals surface area contributed by atoms with E-state index in [2.05, 4.69) is 29.2 Å². The maximum atomic E-state index is 8.86. The predicted octanol–water partition coefficient (Wildman–Crippen LogP) is 4.59. The first-order valence-electron chi connectivity index (χ1n) is 7.51. The Morgan fingerprint density at radius 2 is 2.17 bits per heavy atom. The monoisotopic (exact) mass is 357 g/mol. The van der Waals surface area contributed by atoms with Crippen molar-refractivity contribution in [3.8, 4) is 11.8 Å². The number of halogens is 1. The molecule has 3 aromatic rings. The van der Waals surface area contributed by atoms with Gasteiger partial charge in [-0.05, 0) is 18.1 Å². The van der Waals surface area contributed by atoms with E-state index in [1.165, 1.54) is 11.3 Å². The lowest BCUT2D eigenvalue weighted by molar-refractivity contribution is 0.735. The lowest BCUT2D eigenvalue weighted by Crippen LogP contribution is -2.07. The summed E-state index contributed by atoms with van der Waals surface area (Å²) in [5.41, 5.74) is 3.31. The number of thiazole rings is 1. The van der Waals surface area contributed by atoms with Crippen molar-refractivity contribution < 1.29 is 0 Å². The third-order valence-electron chi connectivity index (χ3n) is 3.53. The topological polar surface area (TPSA) is 66.5 Å². The number of para-hydroxylation sites is 1. The zero-order chi connectivity index (χ0) is 17.1. The van der Waals surface area contributed by atoms with E-state index in [4.69, 9.17) is 16.9 Å². The van der Waals surface area contributed by atoms with Gasteiger partial charge >= 0.3 is 0 Å². The maximum Gasteiger partial charge on any atom is 0.151 e. The van der Waals surface area contributed by atoms with Crippen LogP contribution in [-0.4, -0.2) is 14.8 Å². The van der Waals surface area contributed by atoms with Crippen LogP contribution >= 0.6 is 22.9 Å². The summed E-state index contributed by atoms with van der Waals surface area (Å²) in [7, 11) is 0. The maximum absolute atomic E-state index is 8.86. The van der Waals surface area contributed by atoms with Gasteiger partial charge in [0.1, 0.15) is 11.1 Å². The number of rotatable bonds is 5. The molecule has 0 aliphatic carbocycles. The summed E-state index contributed by atoms with van der Waals surface area (Å²) in [5.74, 6) is 0.261. The van der Waals surface area contributed by atoms with Crippen molar-refractivity contribution in [2.24, 2.45) is 0 Å². The third-order valence-corrected chi connectivity index (χ3v) is 4.70. The minimum absolute atomic E-state index is 0.261. The summed E-state index contributed by atoms with van der Waals surface area (Å²) in [6.07, 6.45) is 1.80. The van der Waals surface area contributed by atoms with E-state index in [1.54, 1.807) is 11.6 Å². The first-order valence-corrected chi connectivity index (χ1v) is 8.77. The molecule has 24 heavy (non-hydrogen) atoms. The van der Waals surface area contributed by atoms with Crippen LogP contribution in [0.2, 0.25) is 5.02 Å². The molecule has 1 aromatic carbocycles. The van der Waals surface area contributed by atoms with Crippen molar-refractivity contribution in [2.45, 2.75) is 26.3 Å². The highest BCUT2D eigenvalue weighted by atomic mass is 35.5. The summed E-state index contributed by atoms with van der Waals surface area (Å²) in [6.45, 7) is 4.79. The Morgan fingerprint density at radius 1 is 1.38 bits per heavy atom. The zero-order valence-electron chi connectivity index (χ0n) is 13.3. The van der Waals surface area contributed by atoms with Crippen molar-refractivity contribution in [1.82, 2.24) is 14.8 Å². The molecule has 0 amide bonds. The van der Waals surface area contributed by atoms with Gasteiger partial charge in [-0.3, -0.25) is 0 Å². The molecule has 1 N–H and O–H groups in total. The fourth-order valence-electron chi connectivity index (χ4n) is 2.48. The Bertz CT molecular complexity index is 891. The SMILES string of the molecule is CC(C)c1c(NCc2nc(C#N)cs2)cnn1-c1ccccc1Cl. The molecule has 0 unspecified atom stereocenters. The minimum atomic E-state index is 0.261. The number of aromatic nitrogens is 3. The summed E-state index contributed by atoms with van der Waals surface area (Å²) < 4.78 is 1.87. The van der Waals surface area contributed by atoms with E-state index in [9.17, 15) is 0 Å². The zero-order valence-corrected chi connectivity index (χ0v) is 14.9. The molecule has 3 rings (SSSR count). The van der Waals surface area contributed by atoms with Gasteiger partial charge in [0, 0.05) is 5.38 Å². The fourth-order valence-corrected chi connectivity index (χ4v) is 3.35. The molecule has 0 saturated heterocycles. The van der Waals surface area contributed by atoms with Crippen molar-refractivity contribution in [3.63, 3.8) is 0 Å². The van der Waals surface area contributed by atoms with Gasteiger partial charge in [-0.1, -0.05) is 37.6 Å². The smallest absolute Gasteiger partial charge is 0.151 e. The van der Waals surface area contributed by atoms with Crippen LogP contribution < -0.4 is 5.32 Å². The molecule has 0 radical (unpaired) electrons. The second-order valence-electron chi connectivity index (χ2n) is 5.55. The number of hydrogen-bond donors (Lipinski definition) is 1. The van der Waals surface area contributed by atoms with Gasteiger partial charge in [0.05, 0.1) is 34.8 Å². The summed E-state index contributed by atoms with van der Waals surface area (Å²) in [5, 5.41) is 20.0. The molecule has 2 aromatic heterocycles. The average Bonchev–Trinajstić information content (AvgIpc) is 3.20. The second-order valence-corrected chi connectivity index (χ2v) is 6.90. The number of anilines is 1. The molecule has 0 aliphatic heterocycles. The average molecular weight is 358 g/mol. The molecule has 0 aliphatic rings. The Balaban J connectivity index is 1.89. The van der Waals surface area contributed by atoms with Crippen molar-refractivity contribution >= 4 is 28.6 Å². The Hall–Kier alpha value is -2.36. The highest BCUT2D eigenvalue weighted by Crippen LogP contribution is 2.30. The number of hydrogen-bond acceptors (Lipinski definition) is 5. The molecule has 0 spiro atoms. The van der Waals surface area contributed by atoms with E-state index >= 15 is 0 Å². The molecule has 2 heterocycles. The fraction of sp³-hybridized carbons (Fsp3) is 0.235. The lowest BCUT2D eigenvalue weighted by atomic mass is 10.1. The molecule has 0 atom stereocenters. The molecule has 5 nitrogen and oxygen atoms in total. The van der Waals surface area contributed by atoms with Gasteiger partial charge in [0.25, 0.3) is 0 Å². The Labute approximate surface area is 149 Å². The summed E-state index contributed by atoms with van der Waals surface area (Å²) >= 11 is 7.78. The third kappa shape index (κ3) is 3.28. The Kier molecular flexibility index (Phi) is 4.84. The van der Waals surface area contributed by atoms with Crippen molar-refractivity contribution in [1.29, 1.82) is 5.26 Å². The first-order chi connectivity index (χ1) is 11.6. The number of nitrogens with one attached hydrogen (secondary N) is 1. The van der Waals surface area contributed by atoms with Crippen LogP contribution in [0, 0.1) is 11.3 Å². The number of nitrogens with zero attached hydrogens (tertiary/aromatic N) is 4. The van der Waals surface area contributed by atoms with Gasteiger partial charge in [-0.2, -0.15) is 10.4 Å². The molecule has 122 valence electrons. The number of benzene rings is 1. The van der Waals surface area contributed by atoms with Gasteiger partial charge in [0.15, 0.2) is 5.69 Å². The molecule has 0 fully saturated rings. The quantitative estimate of drug-likeness (QED) is 0.725. The van der Waals surface area contributed by atoms with Crippen LogP contribution in [0.15, 0.2) is 35.8 Å². The second kappa shape index (κ2) is 7.04. The van der Waals surface area contributed by atoms with Gasteiger partial charge in [-0.15, -0.1) is 11.3 Å². The van der Waals surface area contributed by atoms with E-state index < -0.39 is 0 Å². The normalized spacial score (nSPS) is 10.8. The first kappa shape index (κ1) is 16.5. The summed E-state index contributed by atoms with van der Waals surface area (Å²) in [6, 6.07) is 9.70. The number of nitriles is 1. The largest absolute Gasteiger partial charge is 0.376 e. The predicted molar refractivity (Wildman–Crippen MR) is 96.8 cm³/mol. The van der Waals surface area contributed by atoms with Crippen LogP contribution in [0.4, 0.5) is 5.69 Å². The van der Waals surface area contributed by atoms with Crippen LogP contribution in [0.1, 0.15) is 36.2 Å². The lowest BCUT2D eigenvalue weighted by Gasteiger charge is -2.14. The van der Waals surface area contributed by atoms with Crippen LogP contribution in [0.5, 0.6) is 0 Å². The van der Waals surface area contributed by atoms with E-state index in [0.717, 1.165) is 22.1 Å². The molecule has 0 saturated carbocycles. The van der Waals surface area contributed by atoms with Crippen LogP contribution in [0.3, 0.4) is 0 Å². The summed E-state index contributed by atoms with van der Waals surface area (Å²) in [4.78, 5) is 4.24. The highest BCUT2D eigenvalue weighted by Gasteiger charge is 2.17. The van der Waals surface area contributed by atoms with E-state index in [0.29, 0.717) is 17.3 Å². The molecular formula is C17H16ClN5S. The van der Waals surface area contributed by atoms with E-state index in [1.807, 2.05) is 35.0 Å². The molecular weight excluding hydrogens is 342 g/mol. The van der Waals surface area contributed by atoms with Gasteiger partial charge in [-0.25, -0.2) is 9.67 Å². The molecule has 7 heteroatoms. The highest BCUT2D eigenvalue weighted by molar-refractivity contribution is 7.09.